The van der Waals surface area contributed by atoms with Crippen LogP contribution in [0.1, 0.15) is 95.0 Å². The molecule has 11 heteroatoms. The highest BCUT2D eigenvalue weighted by Gasteiger charge is 2.45. The van der Waals surface area contributed by atoms with E-state index in [1.54, 1.807) is 29.0 Å². The molecule has 0 aromatic heterocycles. The van der Waals surface area contributed by atoms with E-state index in [-0.39, 0.29) is 43.1 Å². The van der Waals surface area contributed by atoms with Crippen LogP contribution in [0.15, 0.2) is 77.3 Å². The number of nitrogens with zero attached hydrogens (tertiary/aromatic N) is 2. The van der Waals surface area contributed by atoms with E-state index in [0.29, 0.717) is 45.2 Å². The highest BCUT2D eigenvalue weighted by molar-refractivity contribution is 9.10. The van der Waals surface area contributed by atoms with Crippen molar-refractivity contribution in [1.82, 2.24) is 9.80 Å². The van der Waals surface area contributed by atoms with Gasteiger partial charge >= 0.3 is 12.2 Å². The number of carbonyl (C=O) groups is 2. The predicted molar refractivity (Wildman–Crippen MR) is 198 cm³/mol. The molecule has 0 bridgehead atoms. The van der Waals surface area contributed by atoms with Crippen molar-refractivity contribution in [3.63, 3.8) is 0 Å². The van der Waals surface area contributed by atoms with Gasteiger partial charge in [0.05, 0.1) is 19.2 Å². The van der Waals surface area contributed by atoms with E-state index in [4.69, 9.17) is 19.3 Å². The van der Waals surface area contributed by atoms with Crippen LogP contribution < -0.4 is 4.74 Å². The summed E-state index contributed by atoms with van der Waals surface area (Å²) in [6.45, 7) is 9.48. The summed E-state index contributed by atoms with van der Waals surface area (Å²) < 4.78 is 31.4. The summed E-state index contributed by atoms with van der Waals surface area (Å²) in [5, 5.41) is 18.4. The van der Waals surface area contributed by atoms with Gasteiger partial charge < -0.3 is 34.2 Å². The van der Waals surface area contributed by atoms with Crippen molar-refractivity contribution in [1.29, 1.82) is 0 Å². The number of methoxy groups -OCH3 is 1. The van der Waals surface area contributed by atoms with Crippen LogP contribution in [0.25, 0.3) is 0 Å². The van der Waals surface area contributed by atoms with Gasteiger partial charge in [-0.05, 0) is 98.5 Å². The fraction of sp³-hybridized carbons (Fsp3) is 0.500. The van der Waals surface area contributed by atoms with Gasteiger partial charge in [-0.3, -0.25) is 0 Å². The number of halogens is 2. The normalized spacial score (nSPS) is 21.7. The van der Waals surface area contributed by atoms with Gasteiger partial charge in [0.2, 0.25) is 0 Å². The van der Waals surface area contributed by atoms with Crippen LogP contribution in [0.2, 0.25) is 0 Å². The van der Waals surface area contributed by atoms with Crippen LogP contribution >= 0.6 is 15.9 Å². The van der Waals surface area contributed by atoms with Crippen molar-refractivity contribution in [3.05, 3.63) is 99.8 Å². The van der Waals surface area contributed by atoms with Gasteiger partial charge in [0.25, 0.3) is 0 Å². The first-order chi connectivity index (χ1) is 24.4. The molecule has 2 aliphatic rings. The van der Waals surface area contributed by atoms with E-state index in [0.717, 1.165) is 33.3 Å². The fourth-order valence-corrected chi connectivity index (χ4v) is 7.20. The first-order valence-corrected chi connectivity index (χ1v) is 18.5. The van der Waals surface area contributed by atoms with E-state index >= 15 is 0 Å². The second kappa shape index (κ2) is 18.2. The zero-order chi connectivity index (χ0) is 37.2. The number of aliphatic hydroxyl groups excluding tert-OH is 2. The number of ether oxygens (including phenoxy) is 3. The molecule has 2 heterocycles. The van der Waals surface area contributed by atoms with Crippen molar-refractivity contribution in [2.75, 3.05) is 33.4 Å². The third kappa shape index (κ3) is 9.81. The zero-order valence-electron chi connectivity index (χ0n) is 30.3. The Labute approximate surface area is 309 Å². The van der Waals surface area contributed by atoms with Crippen molar-refractivity contribution in [3.8, 4) is 5.75 Å². The minimum atomic E-state index is -0.844. The third-order valence-corrected chi connectivity index (χ3v) is 10.9. The Morgan fingerprint density at radius 3 is 1.76 bits per heavy atom. The molecule has 3 aromatic rings. The zero-order valence-corrected chi connectivity index (χ0v) is 31.9. The molecule has 4 atom stereocenters. The molecule has 2 amide bonds. The Morgan fingerprint density at radius 1 is 0.765 bits per heavy atom. The molecule has 51 heavy (non-hydrogen) atoms. The fourth-order valence-electron chi connectivity index (χ4n) is 6.93. The third-order valence-electron chi connectivity index (χ3n) is 10.4. The first kappa shape index (κ1) is 40.1. The monoisotopic (exact) mass is 770 g/mol. The minimum Gasteiger partial charge on any atom is -0.497 e. The molecule has 278 valence electrons. The Hall–Kier alpha value is -3.67. The summed E-state index contributed by atoms with van der Waals surface area (Å²) in [6.07, 6.45) is 3.09. The average Bonchev–Trinajstić information content (AvgIpc) is 3.13. The van der Waals surface area contributed by atoms with Crippen LogP contribution in [0.3, 0.4) is 0 Å². The molecular formula is C40H52BrFN2O7. The lowest BCUT2D eigenvalue weighted by Crippen LogP contribution is -2.52. The molecule has 0 radical (unpaired) electrons. The van der Waals surface area contributed by atoms with Crippen molar-refractivity contribution in [2.45, 2.75) is 89.5 Å². The lowest BCUT2D eigenvalue weighted by Gasteiger charge is -2.45. The summed E-state index contributed by atoms with van der Waals surface area (Å²) in [5.41, 5.74) is 1.55. The number of benzene rings is 3. The largest absolute Gasteiger partial charge is 0.497 e. The smallest absolute Gasteiger partial charge is 0.411 e. The van der Waals surface area contributed by atoms with Crippen LogP contribution in [0, 0.1) is 11.7 Å². The predicted octanol–water partition coefficient (Wildman–Crippen LogP) is 8.93. The standard InChI is InChI=1S/C22H26FNO4.C18H26BrNO3/c1-16(17-4-10-20(27-2)11-5-17)24-14-13-22(12-3-15-25,28-21(24)26)18-6-8-19(23)9-7-18;1-13(2)18(9-4-12-21)10-11-20(17(22)23-18)14(3)15-5-7-16(19)8-6-15/h4-11,16,25H,3,12-15H2,1-2H3;5-8,13-14,21H,4,9-12H2,1-3H3. The Bertz CT molecular complexity index is 1560. The van der Waals surface area contributed by atoms with Gasteiger partial charge in [0.1, 0.15) is 22.8 Å². The molecule has 4 unspecified atom stereocenters. The van der Waals surface area contributed by atoms with Crippen LogP contribution in [0.4, 0.5) is 14.0 Å². The molecule has 5 rings (SSSR count). The highest BCUT2D eigenvalue weighted by atomic mass is 79.9. The second-order valence-electron chi connectivity index (χ2n) is 13.7. The molecule has 2 fully saturated rings. The molecule has 9 nitrogen and oxygen atoms in total. The van der Waals surface area contributed by atoms with Gasteiger partial charge in [-0.15, -0.1) is 0 Å². The molecule has 2 N–H and O–H groups in total. The van der Waals surface area contributed by atoms with Gasteiger partial charge in [0, 0.05) is 43.6 Å². The maximum Gasteiger partial charge on any atom is 0.411 e. The SMILES string of the molecule is CC(c1ccc(Br)cc1)N1CCC(CCCO)(C(C)C)OC1=O.COc1ccc(C(C)N2CCC(CCCO)(c3ccc(F)cc3)OC2=O)cc1. The number of hydrogen-bond donors (Lipinski definition) is 2. The summed E-state index contributed by atoms with van der Waals surface area (Å²) in [4.78, 5) is 29.0. The summed E-state index contributed by atoms with van der Waals surface area (Å²) in [5.74, 6) is 0.664. The first-order valence-electron chi connectivity index (χ1n) is 17.7. The Morgan fingerprint density at radius 2 is 1.27 bits per heavy atom. The van der Waals surface area contributed by atoms with Gasteiger partial charge in [-0.25, -0.2) is 14.0 Å². The van der Waals surface area contributed by atoms with Gasteiger partial charge in [-0.2, -0.15) is 0 Å². The molecular weight excluding hydrogens is 719 g/mol. The number of rotatable bonds is 13. The van der Waals surface area contributed by atoms with Gasteiger partial charge in [0.15, 0.2) is 0 Å². The maximum absolute atomic E-state index is 13.4. The molecule has 0 saturated carbocycles. The molecule has 2 saturated heterocycles. The van der Waals surface area contributed by atoms with E-state index in [1.807, 2.05) is 62.4 Å². The van der Waals surface area contributed by atoms with Crippen molar-refractivity contribution in [2.24, 2.45) is 5.92 Å². The van der Waals surface area contributed by atoms with Gasteiger partial charge in [-0.1, -0.05) is 66.2 Å². The topological polar surface area (TPSA) is 109 Å². The number of cyclic esters (lactones) is 2. The highest BCUT2D eigenvalue weighted by Crippen LogP contribution is 2.41. The van der Waals surface area contributed by atoms with E-state index < -0.39 is 17.3 Å². The van der Waals surface area contributed by atoms with Crippen LogP contribution in [0.5, 0.6) is 5.75 Å². The average molecular weight is 772 g/mol. The summed E-state index contributed by atoms with van der Waals surface area (Å²) in [7, 11) is 1.61. The van der Waals surface area contributed by atoms with E-state index in [1.165, 1.54) is 12.1 Å². The number of aliphatic hydroxyl groups is 2. The second-order valence-corrected chi connectivity index (χ2v) is 14.6. The van der Waals surface area contributed by atoms with E-state index in [9.17, 15) is 19.1 Å². The number of amides is 2. The van der Waals surface area contributed by atoms with Crippen LogP contribution in [-0.2, 0) is 15.1 Å². The van der Waals surface area contributed by atoms with Crippen molar-refractivity contribution < 1.29 is 38.4 Å². The molecule has 3 aromatic carbocycles. The van der Waals surface area contributed by atoms with E-state index in [2.05, 4.69) is 29.8 Å². The summed E-state index contributed by atoms with van der Waals surface area (Å²) >= 11 is 3.43. The molecule has 2 aliphatic heterocycles. The molecule has 0 spiro atoms. The Balaban J connectivity index is 0.000000233. The number of hydrogen-bond acceptors (Lipinski definition) is 7. The maximum atomic E-state index is 13.4. The van der Waals surface area contributed by atoms with Crippen LogP contribution in [-0.4, -0.2) is 71.2 Å². The minimum absolute atomic E-state index is 0.00641. The quantitative estimate of drug-likeness (QED) is 0.179. The molecule has 0 aliphatic carbocycles. The number of carbonyl (C=O) groups excluding carboxylic acids is 2. The van der Waals surface area contributed by atoms with Crippen molar-refractivity contribution >= 4 is 28.1 Å². The Kier molecular flexibility index (Phi) is 14.3. The lowest BCUT2D eigenvalue weighted by molar-refractivity contribution is -0.0894. The lowest BCUT2D eigenvalue weighted by atomic mass is 9.81. The summed E-state index contributed by atoms with van der Waals surface area (Å²) in [6, 6.07) is 21.5.